The monoisotopic (exact) mass is 326 g/mol. The SMILES string of the molecule is C[C@@H](NC(=O)COC1(C)CNC1)c1ccc(Br)cc1. The number of carbonyl (C=O) groups excluding carboxylic acids is 1. The fourth-order valence-electron chi connectivity index (χ4n) is 1.94. The van der Waals surface area contributed by atoms with E-state index in [9.17, 15) is 4.79 Å². The largest absolute Gasteiger partial charge is 0.363 e. The molecule has 19 heavy (non-hydrogen) atoms. The van der Waals surface area contributed by atoms with E-state index in [-0.39, 0.29) is 24.2 Å². The number of hydrogen-bond donors (Lipinski definition) is 2. The van der Waals surface area contributed by atoms with Gasteiger partial charge in [0.05, 0.1) is 11.6 Å². The Morgan fingerprint density at radius 3 is 2.63 bits per heavy atom. The van der Waals surface area contributed by atoms with E-state index in [1.165, 1.54) is 0 Å². The molecule has 0 unspecified atom stereocenters. The lowest BCUT2D eigenvalue weighted by Crippen LogP contribution is -2.59. The van der Waals surface area contributed by atoms with Crippen LogP contribution in [0.15, 0.2) is 28.7 Å². The molecule has 1 aromatic rings. The van der Waals surface area contributed by atoms with E-state index >= 15 is 0 Å². The summed E-state index contributed by atoms with van der Waals surface area (Å²) < 4.78 is 6.63. The molecular formula is C14H19BrN2O2. The second-order valence-electron chi connectivity index (χ2n) is 5.18. The predicted octanol–water partition coefficient (Wildman–Crippen LogP) is 2.00. The average molecular weight is 327 g/mol. The first-order chi connectivity index (χ1) is 8.98. The zero-order valence-corrected chi connectivity index (χ0v) is 12.8. The first kappa shape index (κ1) is 14.5. The highest BCUT2D eigenvalue weighted by Gasteiger charge is 2.33. The number of amides is 1. The lowest BCUT2D eigenvalue weighted by molar-refractivity contribution is -0.136. The molecule has 5 heteroatoms. The van der Waals surface area contributed by atoms with Crippen LogP contribution in [-0.2, 0) is 9.53 Å². The fourth-order valence-corrected chi connectivity index (χ4v) is 2.20. The normalized spacial score (nSPS) is 18.5. The van der Waals surface area contributed by atoms with E-state index < -0.39 is 0 Å². The molecule has 0 aromatic heterocycles. The minimum absolute atomic E-state index is 0.0171. The Balaban J connectivity index is 1.79. The van der Waals surface area contributed by atoms with Gasteiger partial charge in [0.25, 0.3) is 0 Å². The van der Waals surface area contributed by atoms with E-state index in [0.717, 1.165) is 23.1 Å². The molecule has 104 valence electrons. The van der Waals surface area contributed by atoms with Crippen molar-refractivity contribution in [1.82, 2.24) is 10.6 Å². The van der Waals surface area contributed by atoms with Gasteiger partial charge in [-0.1, -0.05) is 28.1 Å². The standard InChI is InChI=1S/C14H19BrN2O2/c1-10(11-3-5-12(15)6-4-11)17-13(18)7-19-14(2)8-16-9-14/h3-6,10,16H,7-9H2,1-2H3,(H,17,18)/t10-/m1/s1. The van der Waals surface area contributed by atoms with Crippen molar-refractivity contribution in [2.45, 2.75) is 25.5 Å². The van der Waals surface area contributed by atoms with Crippen LogP contribution in [0.3, 0.4) is 0 Å². The molecule has 1 atom stereocenters. The Bertz CT molecular complexity index is 443. The molecule has 0 saturated carbocycles. The third-order valence-electron chi connectivity index (χ3n) is 3.30. The van der Waals surface area contributed by atoms with Crippen LogP contribution >= 0.6 is 15.9 Å². The number of carbonyl (C=O) groups is 1. The lowest BCUT2D eigenvalue weighted by atomic mass is 10.0. The van der Waals surface area contributed by atoms with Crippen LogP contribution in [0.4, 0.5) is 0 Å². The molecular weight excluding hydrogens is 308 g/mol. The zero-order chi connectivity index (χ0) is 13.9. The minimum atomic E-state index is -0.182. The molecule has 1 heterocycles. The summed E-state index contributed by atoms with van der Waals surface area (Å²) in [5.74, 6) is -0.0801. The Labute approximate surface area is 122 Å². The zero-order valence-electron chi connectivity index (χ0n) is 11.2. The maximum absolute atomic E-state index is 11.8. The molecule has 1 amide bonds. The van der Waals surface area contributed by atoms with Crippen LogP contribution in [0, 0.1) is 0 Å². The molecule has 0 radical (unpaired) electrons. The quantitative estimate of drug-likeness (QED) is 0.870. The summed E-state index contributed by atoms with van der Waals surface area (Å²) in [4.78, 5) is 11.8. The van der Waals surface area contributed by atoms with Gasteiger partial charge in [-0.3, -0.25) is 4.79 Å². The highest BCUT2D eigenvalue weighted by molar-refractivity contribution is 9.10. The summed E-state index contributed by atoms with van der Waals surface area (Å²) in [6.07, 6.45) is 0. The second-order valence-corrected chi connectivity index (χ2v) is 6.10. The molecule has 1 aliphatic heterocycles. The van der Waals surface area contributed by atoms with Crippen molar-refractivity contribution >= 4 is 21.8 Å². The van der Waals surface area contributed by atoms with Crippen molar-refractivity contribution in [3.05, 3.63) is 34.3 Å². The highest BCUT2D eigenvalue weighted by atomic mass is 79.9. The number of nitrogens with one attached hydrogen (secondary N) is 2. The first-order valence-corrected chi connectivity index (χ1v) is 7.17. The van der Waals surface area contributed by atoms with Crippen LogP contribution in [0.25, 0.3) is 0 Å². The number of ether oxygens (including phenoxy) is 1. The van der Waals surface area contributed by atoms with Gasteiger partial charge in [0.2, 0.25) is 5.91 Å². The molecule has 1 aliphatic rings. The Morgan fingerprint density at radius 2 is 2.11 bits per heavy atom. The fraction of sp³-hybridized carbons (Fsp3) is 0.500. The van der Waals surface area contributed by atoms with Gasteiger partial charge in [0.15, 0.2) is 0 Å². The molecule has 1 aromatic carbocycles. The van der Waals surface area contributed by atoms with E-state index in [0.29, 0.717) is 0 Å². The Morgan fingerprint density at radius 1 is 1.47 bits per heavy atom. The smallest absolute Gasteiger partial charge is 0.246 e. The summed E-state index contributed by atoms with van der Waals surface area (Å²) in [5.41, 5.74) is 0.895. The molecule has 1 fully saturated rings. The predicted molar refractivity (Wildman–Crippen MR) is 77.9 cm³/mol. The second kappa shape index (κ2) is 6.03. The van der Waals surface area contributed by atoms with E-state index in [4.69, 9.17) is 4.74 Å². The molecule has 2 rings (SSSR count). The van der Waals surface area contributed by atoms with Gasteiger partial charge in [-0.05, 0) is 31.5 Å². The molecule has 0 bridgehead atoms. The van der Waals surface area contributed by atoms with Crippen LogP contribution in [-0.4, -0.2) is 31.2 Å². The lowest BCUT2D eigenvalue weighted by Gasteiger charge is -2.38. The summed E-state index contributed by atoms with van der Waals surface area (Å²) in [7, 11) is 0. The van der Waals surface area contributed by atoms with Crippen molar-refractivity contribution in [3.8, 4) is 0 Å². The van der Waals surface area contributed by atoms with E-state index in [2.05, 4.69) is 26.6 Å². The molecule has 0 spiro atoms. The number of halogens is 1. The maximum Gasteiger partial charge on any atom is 0.246 e. The van der Waals surface area contributed by atoms with Crippen LogP contribution < -0.4 is 10.6 Å². The van der Waals surface area contributed by atoms with Gasteiger partial charge in [-0.15, -0.1) is 0 Å². The topological polar surface area (TPSA) is 50.4 Å². The third kappa shape index (κ3) is 4.03. The number of hydrogen-bond acceptors (Lipinski definition) is 3. The summed E-state index contributed by atoms with van der Waals surface area (Å²) >= 11 is 3.39. The highest BCUT2D eigenvalue weighted by Crippen LogP contribution is 2.17. The van der Waals surface area contributed by atoms with E-state index in [1.54, 1.807) is 0 Å². The Hall–Kier alpha value is -0.910. The van der Waals surface area contributed by atoms with Gasteiger partial charge in [0, 0.05) is 17.6 Å². The first-order valence-electron chi connectivity index (χ1n) is 6.38. The van der Waals surface area contributed by atoms with Crippen molar-refractivity contribution in [2.24, 2.45) is 0 Å². The third-order valence-corrected chi connectivity index (χ3v) is 3.83. The summed E-state index contributed by atoms with van der Waals surface area (Å²) in [6, 6.07) is 7.90. The van der Waals surface area contributed by atoms with Crippen molar-refractivity contribution in [2.75, 3.05) is 19.7 Å². The van der Waals surface area contributed by atoms with Crippen LogP contribution in [0.5, 0.6) is 0 Å². The summed E-state index contributed by atoms with van der Waals surface area (Å²) in [6.45, 7) is 5.70. The van der Waals surface area contributed by atoms with Crippen LogP contribution in [0.2, 0.25) is 0 Å². The van der Waals surface area contributed by atoms with Gasteiger partial charge >= 0.3 is 0 Å². The Kier molecular flexibility index (Phi) is 4.60. The molecule has 2 N–H and O–H groups in total. The summed E-state index contributed by atoms with van der Waals surface area (Å²) in [5, 5.41) is 6.07. The van der Waals surface area contributed by atoms with Crippen LogP contribution in [0.1, 0.15) is 25.5 Å². The number of rotatable bonds is 5. The van der Waals surface area contributed by atoms with Gasteiger partial charge in [0.1, 0.15) is 6.61 Å². The average Bonchev–Trinajstić information content (AvgIpc) is 2.35. The molecule has 4 nitrogen and oxygen atoms in total. The van der Waals surface area contributed by atoms with E-state index in [1.807, 2.05) is 38.1 Å². The maximum atomic E-state index is 11.8. The number of benzene rings is 1. The van der Waals surface area contributed by atoms with Crippen molar-refractivity contribution in [1.29, 1.82) is 0 Å². The minimum Gasteiger partial charge on any atom is -0.363 e. The van der Waals surface area contributed by atoms with Gasteiger partial charge in [-0.2, -0.15) is 0 Å². The van der Waals surface area contributed by atoms with Crippen molar-refractivity contribution < 1.29 is 9.53 Å². The van der Waals surface area contributed by atoms with Gasteiger partial charge in [-0.25, -0.2) is 0 Å². The molecule has 0 aliphatic carbocycles. The molecule has 1 saturated heterocycles. The van der Waals surface area contributed by atoms with Crippen molar-refractivity contribution in [3.63, 3.8) is 0 Å². The van der Waals surface area contributed by atoms with Gasteiger partial charge < -0.3 is 15.4 Å².